The summed E-state index contributed by atoms with van der Waals surface area (Å²) in [4.78, 5) is 27.0. The van der Waals surface area contributed by atoms with E-state index in [-0.39, 0.29) is 27.9 Å². The number of hydrogen-bond acceptors (Lipinski definition) is 6. The maximum Gasteiger partial charge on any atom is 0.363 e. The van der Waals surface area contributed by atoms with Gasteiger partial charge < -0.3 is 9.47 Å². The van der Waals surface area contributed by atoms with Gasteiger partial charge in [-0.05, 0) is 48.4 Å². The topological polar surface area (TPSA) is 91.0 Å². The Morgan fingerprint density at radius 1 is 1.12 bits per heavy atom. The van der Waals surface area contributed by atoms with Gasteiger partial charge in [0.25, 0.3) is 5.69 Å². The number of benzene rings is 3. The van der Waals surface area contributed by atoms with Crippen LogP contribution in [0.1, 0.15) is 22.3 Å². The highest BCUT2D eigenvalue weighted by atomic mass is 35.5. The molecule has 0 bridgehead atoms. The van der Waals surface area contributed by atoms with Crippen LogP contribution in [0.3, 0.4) is 0 Å². The van der Waals surface area contributed by atoms with Gasteiger partial charge in [0.15, 0.2) is 5.70 Å². The number of cyclic esters (lactones) is 1. The highest BCUT2D eigenvalue weighted by molar-refractivity contribution is 6.32. The summed E-state index contributed by atoms with van der Waals surface area (Å²) in [5.74, 6) is -0.0266. The fraction of sp³-hybridized carbons (Fsp3) is 0.0833. The molecule has 0 spiro atoms. The number of halogens is 1. The number of aliphatic imine (C=N–C) groups is 1. The van der Waals surface area contributed by atoms with Gasteiger partial charge in [-0.15, -0.1) is 0 Å². The maximum atomic E-state index is 12.3. The van der Waals surface area contributed by atoms with Crippen LogP contribution < -0.4 is 4.74 Å². The lowest BCUT2D eigenvalue weighted by Crippen LogP contribution is -2.06. The summed E-state index contributed by atoms with van der Waals surface area (Å²) in [5.41, 5.74) is 2.98. The number of aryl methyl sites for hydroxylation is 1. The first-order valence-electron chi connectivity index (χ1n) is 9.64. The van der Waals surface area contributed by atoms with Crippen LogP contribution in [0.5, 0.6) is 5.75 Å². The second-order valence-electron chi connectivity index (χ2n) is 7.11. The Kier molecular flexibility index (Phi) is 6.00. The lowest BCUT2D eigenvalue weighted by molar-refractivity contribution is -0.384. The van der Waals surface area contributed by atoms with E-state index in [1.807, 2.05) is 37.3 Å². The van der Waals surface area contributed by atoms with Crippen molar-refractivity contribution in [1.82, 2.24) is 0 Å². The number of carbonyl (C=O) groups is 1. The molecule has 0 aromatic heterocycles. The molecule has 32 heavy (non-hydrogen) atoms. The maximum absolute atomic E-state index is 12.3. The summed E-state index contributed by atoms with van der Waals surface area (Å²) >= 11 is 5.84. The molecule has 0 amide bonds. The molecule has 8 heteroatoms. The van der Waals surface area contributed by atoms with Crippen LogP contribution >= 0.6 is 11.6 Å². The average Bonchev–Trinajstić information content (AvgIpc) is 3.13. The number of nitrogens with zero attached hydrogens (tertiary/aromatic N) is 2. The largest absolute Gasteiger partial charge is 0.489 e. The fourth-order valence-corrected chi connectivity index (χ4v) is 3.33. The Balaban J connectivity index is 1.54. The number of rotatable bonds is 6. The van der Waals surface area contributed by atoms with Crippen LogP contribution in [0, 0.1) is 17.0 Å². The number of esters is 1. The average molecular weight is 449 g/mol. The van der Waals surface area contributed by atoms with Gasteiger partial charge in [0.05, 0.1) is 4.92 Å². The van der Waals surface area contributed by atoms with E-state index < -0.39 is 10.9 Å². The Morgan fingerprint density at radius 2 is 1.94 bits per heavy atom. The summed E-state index contributed by atoms with van der Waals surface area (Å²) < 4.78 is 11.1. The molecule has 0 saturated carbocycles. The van der Waals surface area contributed by atoms with Crippen molar-refractivity contribution < 1.29 is 19.2 Å². The van der Waals surface area contributed by atoms with Crippen molar-refractivity contribution >= 4 is 35.2 Å². The van der Waals surface area contributed by atoms with Crippen LogP contribution in [-0.2, 0) is 16.1 Å². The summed E-state index contributed by atoms with van der Waals surface area (Å²) in [7, 11) is 0. The van der Waals surface area contributed by atoms with E-state index in [4.69, 9.17) is 21.1 Å². The first-order valence-corrected chi connectivity index (χ1v) is 10.0. The van der Waals surface area contributed by atoms with Crippen molar-refractivity contribution in [3.05, 3.63) is 110 Å². The van der Waals surface area contributed by atoms with Crippen molar-refractivity contribution in [1.29, 1.82) is 0 Å². The SMILES string of the molecule is Cc1cccc(COc2cccc(/C=C3\N=C(c4ccc(Cl)c([N+](=O)[O-])c4)OC3=O)c2)c1. The van der Waals surface area contributed by atoms with E-state index in [1.165, 1.54) is 18.2 Å². The van der Waals surface area contributed by atoms with Crippen LogP contribution in [-0.4, -0.2) is 16.8 Å². The molecule has 0 aliphatic carbocycles. The van der Waals surface area contributed by atoms with Crippen LogP contribution in [0.25, 0.3) is 6.08 Å². The molecule has 0 atom stereocenters. The van der Waals surface area contributed by atoms with Gasteiger partial charge in [-0.3, -0.25) is 10.1 Å². The molecule has 4 rings (SSSR count). The first kappa shape index (κ1) is 21.3. The van der Waals surface area contributed by atoms with E-state index in [9.17, 15) is 14.9 Å². The van der Waals surface area contributed by atoms with E-state index in [2.05, 4.69) is 11.1 Å². The molecule has 1 aliphatic heterocycles. The zero-order valence-electron chi connectivity index (χ0n) is 16.9. The van der Waals surface area contributed by atoms with Crippen molar-refractivity contribution in [2.45, 2.75) is 13.5 Å². The van der Waals surface area contributed by atoms with Gasteiger partial charge in [0, 0.05) is 11.6 Å². The first-order chi connectivity index (χ1) is 15.4. The Morgan fingerprint density at radius 3 is 2.72 bits per heavy atom. The quantitative estimate of drug-likeness (QED) is 0.215. The van der Waals surface area contributed by atoms with E-state index in [1.54, 1.807) is 18.2 Å². The number of nitro groups is 1. The van der Waals surface area contributed by atoms with Gasteiger partial charge in [0.1, 0.15) is 17.4 Å². The van der Waals surface area contributed by atoms with Crippen molar-refractivity contribution in [3.8, 4) is 5.75 Å². The zero-order chi connectivity index (χ0) is 22.7. The molecule has 3 aromatic rings. The third-order valence-corrected chi connectivity index (χ3v) is 4.98. The number of hydrogen-bond donors (Lipinski definition) is 0. The monoisotopic (exact) mass is 448 g/mol. The minimum Gasteiger partial charge on any atom is -0.489 e. The fourth-order valence-electron chi connectivity index (χ4n) is 3.14. The molecule has 0 radical (unpaired) electrons. The molecule has 1 aliphatic rings. The van der Waals surface area contributed by atoms with E-state index >= 15 is 0 Å². The van der Waals surface area contributed by atoms with Gasteiger partial charge in [-0.1, -0.05) is 53.6 Å². The molecular weight excluding hydrogens is 432 g/mol. The molecule has 3 aromatic carbocycles. The van der Waals surface area contributed by atoms with Crippen molar-refractivity contribution in [3.63, 3.8) is 0 Å². The Labute approximate surface area is 188 Å². The van der Waals surface area contributed by atoms with Gasteiger partial charge in [-0.2, -0.15) is 0 Å². The highest BCUT2D eigenvalue weighted by Gasteiger charge is 2.26. The van der Waals surface area contributed by atoms with Crippen LogP contribution in [0.4, 0.5) is 5.69 Å². The van der Waals surface area contributed by atoms with Crippen LogP contribution in [0.2, 0.25) is 5.02 Å². The van der Waals surface area contributed by atoms with Gasteiger partial charge in [-0.25, -0.2) is 9.79 Å². The molecule has 0 saturated heterocycles. The minimum absolute atomic E-state index is 0.0121. The predicted molar refractivity (Wildman–Crippen MR) is 121 cm³/mol. The van der Waals surface area contributed by atoms with Crippen molar-refractivity contribution in [2.75, 3.05) is 0 Å². The molecule has 160 valence electrons. The lowest BCUT2D eigenvalue weighted by Gasteiger charge is -2.07. The normalized spacial score (nSPS) is 14.2. The van der Waals surface area contributed by atoms with Gasteiger partial charge in [0.2, 0.25) is 5.90 Å². The molecule has 7 nitrogen and oxygen atoms in total. The number of nitro benzene ring substituents is 1. The molecular formula is C24H17ClN2O5. The molecule has 0 fully saturated rings. The standard InChI is InChI=1S/C24H17ClN2O5/c1-15-4-2-6-17(10-15)14-31-19-7-3-5-16(11-19)12-21-24(28)32-23(26-21)18-8-9-20(25)22(13-18)27(29)30/h2-13H,14H2,1H3/b21-12-. The summed E-state index contributed by atoms with van der Waals surface area (Å²) in [5, 5.41) is 11.1. The second-order valence-corrected chi connectivity index (χ2v) is 7.52. The summed E-state index contributed by atoms with van der Waals surface area (Å²) in [6.45, 7) is 2.44. The third-order valence-electron chi connectivity index (χ3n) is 4.66. The molecule has 1 heterocycles. The Bertz CT molecular complexity index is 1280. The number of carbonyl (C=O) groups excluding carboxylic acids is 1. The molecule has 0 N–H and O–H groups in total. The van der Waals surface area contributed by atoms with Crippen molar-refractivity contribution in [2.24, 2.45) is 4.99 Å². The van der Waals surface area contributed by atoms with E-state index in [0.717, 1.165) is 11.1 Å². The number of ether oxygens (including phenoxy) is 2. The Hall–Kier alpha value is -3.97. The second kappa shape index (κ2) is 9.03. The van der Waals surface area contributed by atoms with E-state index in [0.29, 0.717) is 17.9 Å². The minimum atomic E-state index is -0.649. The van der Waals surface area contributed by atoms with Crippen LogP contribution in [0.15, 0.2) is 77.4 Å². The smallest absolute Gasteiger partial charge is 0.363 e. The zero-order valence-corrected chi connectivity index (χ0v) is 17.7. The highest BCUT2D eigenvalue weighted by Crippen LogP contribution is 2.28. The third kappa shape index (κ3) is 4.84. The lowest BCUT2D eigenvalue weighted by atomic mass is 10.1. The molecule has 0 unspecified atom stereocenters. The summed E-state index contributed by atoms with van der Waals surface area (Å²) in [6.07, 6.45) is 1.57. The predicted octanol–water partition coefficient (Wildman–Crippen LogP) is 5.48. The van der Waals surface area contributed by atoms with Gasteiger partial charge >= 0.3 is 5.97 Å². The summed E-state index contributed by atoms with van der Waals surface area (Å²) in [6, 6.07) is 19.4.